The van der Waals surface area contributed by atoms with Gasteiger partial charge >= 0.3 is 0 Å². The second kappa shape index (κ2) is 17.4. The van der Waals surface area contributed by atoms with Gasteiger partial charge in [0.1, 0.15) is 35.5 Å². The molecule has 2 rings (SSSR count). The number of rotatable bonds is 13. The molecule has 0 fully saturated rings. The first-order chi connectivity index (χ1) is 19.1. The van der Waals surface area contributed by atoms with Crippen LogP contribution in [0, 0.1) is 0 Å². The summed E-state index contributed by atoms with van der Waals surface area (Å²) >= 11 is 17.3. The Bertz CT molecular complexity index is 1220. The van der Waals surface area contributed by atoms with Gasteiger partial charge < -0.3 is 40.5 Å². The van der Waals surface area contributed by atoms with Crippen LogP contribution in [0.4, 0.5) is 0 Å². The number of ether oxygens (including phenoxy) is 2. The summed E-state index contributed by atoms with van der Waals surface area (Å²) in [6.07, 6.45) is -4.01. The second-order valence-electron chi connectivity index (χ2n) is 8.01. The monoisotopic (exact) mass is 720 g/mol. The minimum atomic E-state index is -1.76. The lowest BCUT2D eigenvalue weighted by Crippen LogP contribution is -2.45. The lowest BCUT2D eigenvalue weighted by atomic mass is 10.0. The highest BCUT2D eigenvalue weighted by Gasteiger charge is 2.28. The molecular formula is C24H30Br2N6O6S2. The molecular weight excluding hydrogens is 692 g/mol. The molecule has 8 N–H and O–H groups in total. The zero-order valence-electron chi connectivity index (χ0n) is 21.5. The number of aliphatic hydroxyl groups excluding tert-OH is 4. The van der Waals surface area contributed by atoms with Crippen molar-refractivity contribution < 1.29 is 29.9 Å². The Labute approximate surface area is 259 Å². The van der Waals surface area contributed by atoms with Crippen LogP contribution in [0.1, 0.15) is 11.1 Å². The van der Waals surface area contributed by atoms with E-state index in [0.29, 0.717) is 24.6 Å². The fourth-order valence-corrected chi connectivity index (χ4v) is 4.44. The molecule has 0 bridgehead atoms. The summed E-state index contributed by atoms with van der Waals surface area (Å²) in [5.74, 6) is 1.39. The summed E-state index contributed by atoms with van der Waals surface area (Å²) in [4.78, 5) is 0. The number of hydrogen-bond acceptors (Lipinski definition) is 10. The molecule has 0 saturated heterocycles. The van der Waals surface area contributed by atoms with Gasteiger partial charge in [-0.2, -0.15) is 10.2 Å². The van der Waals surface area contributed by atoms with Gasteiger partial charge in [-0.15, -0.1) is 0 Å². The Kier molecular flexibility index (Phi) is 14.7. The van der Waals surface area contributed by atoms with Gasteiger partial charge in [0, 0.05) is 13.1 Å². The van der Waals surface area contributed by atoms with Crippen molar-refractivity contribution in [2.75, 3.05) is 20.8 Å². The molecule has 0 aromatic heterocycles. The standard InChI is InChI=1S/C24H30Br2N6O6S2/c1-37-19-5-3-13(7-15(19)25)9-27-23(39)31-29-11-17(21(35)22(36)18(34)12-33)30-32-24(40)28-10-14-4-6-20(38-2)16(26)8-14/h3-8,11,18,21-22,33-36H,9-10,12H2,1-2H3,(H2,27,31,39)(H2,28,32,40)/t18-,21-,22-/m1/s1. The summed E-state index contributed by atoms with van der Waals surface area (Å²) in [7, 11) is 3.15. The Morgan fingerprint density at radius 1 is 0.900 bits per heavy atom. The number of benzene rings is 2. The predicted octanol–water partition coefficient (Wildman–Crippen LogP) is 1.27. The normalized spacial score (nSPS) is 13.8. The number of nitrogens with zero attached hydrogens (tertiary/aromatic N) is 2. The Morgan fingerprint density at radius 2 is 1.40 bits per heavy atom. The Balaban J connectivity index is 2.00. The van der Waals surface area contributed by atoms with Crippen LogP contribution in [0.5, 0.6) is 11.5 Å². The van der Waals surface area contributed by atoms with Crippen molar-refractivity contribution >= 4 is 78.4 Å². The van der Waals surface area contributed by atoms with E-state index in [4.69, 9.17) is 39.0 Å². The van der Waals surface area contributed by atoms with Gasteiger partial charge in [-0.3, -0.25) is 10.9 Å². The van der Waals surface area contributed by atoms with E-state index >= 15 is 0 Å². The highest BCUT2D eigenvalue weighted by molar-refractivity contribution is 9.10. The highest BCUT2D eigenvalue weighted by Crippen LogP contribution is 2.26. The maximum atomic E-state index is 10.5. The lowest BCUT2D eigenvalue weighted by Gasteiger charge is -2.21. The van der Waals surface area contributed by atoms with Crippen molar-refractivity contribution in [2.45, 2.75) is 31.4 Å². The summed E-state index contributed by atoms with van der Waals surface area (Å²) in [6, 6.07) is 11.1. The molecule has 2 aromatic carbocycles. The minimum Gasteiger partial charge on any atom is -0.496 e. The quantitative estimate of drug-likeness (QED) is 0.0848. The van der Waals surface area contributed by atoms with Gasteiger partial charge in [-0.05, 0) is 91.7 Å². The van der Waals surface area contributed by atoms with Gasteiger partial charge in [0.2, 0.25) is 0 Å². The molecule has 0 unspecified atom stereocenters. The van der Waals surface area contributed by atoms with Gasteiger partial charge in [-0.1, -0.05) is 12.1 Å². The van der Waals surface area contributed by atoms with Crippen LogP contribution in [-0.4, -0.2) is 81.7 Å². The number of aliphatic hydroxyl groups is 4. The third kappa shape index (κ3) is 10.9. The molecule has 0 radical (unpaired) electrons. The zero-order valence-corrected chi connectivity index (χ0v) is 26.3. The smallest absolute Gasteiger partial charge is 0.187 e. The third-order valence-electron chi connectivity index (χ3n) is 5.20. The van der Waals surface area contributed by atoms with E-state index in [9.17, 15) is 15.3 Å². The summed E-state index contributed by atoms with van der Waals surface area (Å²) in [5, 5.41) is 53.7. The first kappa shape index (κ1) is 33.8. The molecule has 0 aliphatic heterocycles. The first-order valence-electron chi connectivity index (χ1n) is 11.6. The van der Waals surface area contributed by atoms with Gasteiger partial charge in [-0.25, -0.2) is 0 Å². The van der Waals surface area contributed by atoms with E-state index in [-0.39, 0.29) is 15.9 Å². The molecule has 0 amide bonds. The average Bonchev–Trinajstić information content (AvgIpc) is 2.95. The maximum absolute atomic E-state index is 10.5. The predicted molar refractivity (Wildman–Crippen MR) is 168 cm³/mol. The second-order valence-corrected chi connectivity index (χ2v) is 10.5. The van der Waals surface area contributed by atoms with Gasteiger partial charge in [0.25, 0.3) is 0 Å². The molecule has 218 valence electrons. The van der Waals surface area contributed by atoms with E-state index in [2.05, 4.69) is 63.5 Å². The van der Waals surface area contributed by atoms with E-state index in [1.54, 1.807) is 20.3 Å². The zero-order chi connectivity index (χ0) is 29.7. The largest absolute Gasteiger partial charge is 0.496 e. The molecule has 12 nitrogen and oxygen atoms in total. The van der Waals surface area contributed by atoms with E-state index in [1.165, 1.54) is 0 Å². The molecule has 40 heavy (non-hydrogen) atoms. The van der Waals surface area contributed by atoms with Crippen LogP contribution < -0.4 is 31.0 Å². The van der Waals surface area contributed by atoms with E-state index in [1.807, 2.05) is 30.3 Å². The van der Waals surface area contributed by atoms with Gasteiger partial charge in [0.05, 0.1) is 36.0 Å². The lowest BCUT2D eigenvalue weighted by molar-refractivity contribution is -0.0549. The maximum Gasteiger partial charge on any atom is 0.187 e. The Hall–Kier alpha value is -2.44. The average molecular weight is 722 g/mol. The number of hydrazone groups is 2. The van der Waals surface area contributed by atoms with Crippen molar-refractivity contribution in [1.29, 1.82) is 0 Å². The fourth-order valence-electron chi connectivity index (χ4n) is 3.02. The van der Waals surface area contributed by atoms with Crippen LogP contribution >= 0.6 is 56.3 Å². The third-order valence-corrected chi connectivity index (χ3v) is 6.91. The Morgan fingerprint density at radius 3 is 1.85 bits per heavy atom. The minimum absolute atomic E-state index is 0.109. The summed E-state index contributed by atoms with van der Waals surface area (Å²) in [5.41, 5.74) is 6.76. The van der Waals surface area contributed by atoms with Crippen molar-refractivity contribution in [3.63, 3.8) is 0 Å². The summed E-state index contributed by atoms with van der Waals surface area (Å²) < 4.78 is 12.0. The molecule has 3 atom stereocenters. The summed E-state index contributed by atoms with van der Waals surface area (Å²) in [6.45, 7) is -0.0313. The van der Waals surface area contributed by atoms with Crippen molar-refractivity contribution in [3.05, 3.63) is 56.5 Å². The van der Waals surface area contributed by atoms with E-state index in [0.717, 1.165) is 26.3 Å². The molecule has 0 saturated carbocycles. The SMILES string of the molecule is COc1ccc(CNC(=S)NN=CC(=NNC(=S)NCc2ccc(OC)c(Br)c2)[C@@H](O)[C@H](O)[C@H](O)CO)cc1Br. The molecule has 16 heteroatoms. The van der Waals surface area contributed by atoms with Crippen LogP contribution in [-0.2, 0) is 13.1 Å². The molecule has 0 aliphatic rings. The molecule has 0 spiro atoms. The van der Waals surface area contributed by atoms with Crippen molar-refractivity contribution in [2.24, 2.45) is 10.2 Å². The van der Waals surface area contributed by atoms with Crippen LogP contribution in [0.15, 0.2) is 55.5 Å². The number of methoxy groups -OCH3 is 2. The molecule has 2 aromatic rings. The number of nitrogens with one attached hydrogen (secondary N) is 4. The van der Waals surface area contributed by atoms with Crippen LogP contribution in [0.25, 0.3) is 0 Å². The number of thiocarbonyl (C=S) groups is 2. The fraction of sp³-hybridized carbons (Fsp3) is 0.333. The number of hydrogen-bond donors (Lipinski definition) is 8. The number of halogens is 2. The van der Waals surface area contributed by atoms with Crippen molar-refractivity contribution in [1.82, 2.24) is 21.5 Å². The van der Waals surface area contributed by atoms with Crippen LogP contribution in [0.3, 0.4) is 0 Å². The van der Waals surface area contributed by atoms with Crippen LogP contribution in [0.2, 0.25) is 0 Å². The first-order valence-corrected chi connectivity index (χ1v) is 14.0. The highest BCUT2D eigenvalue weighted by atomic mass is 79.9. The van der Waals surface area contributed by atoms with Crippen molar-refractivity contribution in [3.8, 4) is 11.5 Å². The van der Waals surface area contributed by atoms with E-state index < -0.39 is 24.9 Å². The molecule has 0 heterocycles. The van der Waals surface area contributed by atoms with Gasteiger partial charge in [0.15, 0.2) is 10.2 Å². The topological polar surface area (TPSA) is 172 Å². The molecule has 0 aliphatic carbocycles.